The van der Waals surface area contributed by atoms with Crippen LogP contribution in [-0.2, 0) is 9.30 Å². The summed E-state index contributed by atoms with van der Waals surface area (Å²) in [6, 6.07) is 0. The fourth-order valence-electron chi connectivity index (χ4n) is 0.369. The van der Waals surface area contributed by atoms with Crippen LogP contribution in [0, 0.1) is 0 Å². The Labute approximate surface area is 55.8 Å². The minimum Gasteiger partial charge on any atom is -0.392 e. The van der Waals surface area contributed by atoms with E-state index in [0.29, 0.717) is 12.8 Å². The summed E-state index contributed by atoms with van der Waals surface area (Å²) in [5, 5.41) is 8.30. The maximum Gasteiger partial charge on any atom is 0.369 e. The predicted octanol–water partition coefficient (Wildman–Crippen LogP) is 0.800. The number of hydrogen-bond donors (Lipinski definition) is 1. The molecular formula is C5H12O3P+. The Bertz CT molecular complexity index is 84.3. The Kier molecular flexibility index (Phi) is 6.16. The number of aliphatic hydroxyl groups excluding tert-OH is 1. The molecule has 1 unspecified atom stereocenters. The predicted molar refractivity (Wildman–Crippen MR) is 36.1 cm³/mol. The summed E-state index contributed by atoms with van der Waals surface area (Å²) >= 11 is 0. The average molecular weight is 151 g/mol. The Balaban J connectivity index is 3.06. The fraction of sp³-hybridized carbons (Fsp3) is 1.00. The van der Waals surface area contributed by atoms with Crippen molar-refractivity contribution in [3.63, 3.8) is 0 Å². The zero-order chi connectivity index (χ0) is 7.11. The zero-order valence-corrected chi connectivity index (χ0v) is 6.43. The van der Waals surface area contributed by atoms with Crippen LogP contribution in [0.1, 0.15) is 6.92 Å². The van der Waals surface area contributed by atoms with Crippen LogP contribution in [0.15, 0.2) is 0 Å². The molecule has 0 radical (unpaired) electrons. The van der Waals surface area contributed by atoms with Gasteiger partial charge in [-0.1, -0.05) is 4.57 Å². The molecule has 0 rings (SSSR count). The normalized spacial score (nSPS) is 11.6. The summed E-state index contributed by atoms with van der Waals surface area (Å²) in [6.07, 6.45) is 0.641. The van der Waals surface area contributed by atoms with Gasteiger partial charge in [0, 0.05) is 6.61 Å². The molecule has 0 aliphatic rings. The van der Waals surface area contributed by atoms with Crippen LogP contribution in [-0.4, -0.2) is 30.8 Å². The maximum atomic E-state index is 10.7. The quantitative estimate of drug-likeness (QED) is 0.591. The standard InChI is InChI=1S/C5H12O3P/c1-2-8-5-9(7)4-3-6/h6H,2-5H2,1H3/q+1. The third-order valence-electron chi connectivity index (χ3n) is 0.789. The van der Waals surface area contributed by atoms with Gasteiger partial charge in [-0.05, 0) is 6.92 Å². The Hall–Kier alpha value is 0.0200. The van der Waals surface area contributed by atoms with Crippen LogP contribution in [0.4, 0.5) is 0 Å². The smallest absolute Gasteiger partial charge is 0.369 e. The Morgan fingerprint density at radius 3 is 2.78 bits per heavy atom. The van der Waals surface area contributed by atoms with E-state index in [0.717, 1.165) is 0 Å². The van der Waals surface area contributed by atoms with Crippen LogP contribution >= 0.6 is 7.80 Å². The number of aliphatic hydroxyl groups is 1. The summed E-state index contributed by atoms with van der Waals surface area (Å²) in [7, 11) is -1.31. The molecule has 0 aliphatic carbocycles. The number of ether oxygens (including phenoxy) is 1. The first-order chi connectivity index (χ1) is 4.31. The summed E-state index contributed by atoms with van der Waals surface area (Å²) < 4.78 is 15.5. The SMILES string of the molecule is CCOC[P+](=O)CCO. The van der Waals surface area contributed by atoms with Gasteiger partial charge in [-0.3, -0.25) is 0 Å². The van der Waals surface area contributed by atoms with E-state index in [4.69, 9.17) is 9.84 Å². The molecule has 0 saturated heterocycles. The van der Waals surface area contributed by atoms with Gasteiger partial charge in [0.1, 0.15) is 0 Å². The largest absolute Gasteiger partial charge is 0.392 e. The lowest BCUT2D eigenvalue weighted by atomic mass is 10.9. The van der Waals surface area contributed by atoms with Crippen molar-refractivity contribution >= 4 is 7.80 Å². The topological polar surface area (TPSA) is 46.5 Å². The molecular weight excluding hydrogens is 139 g/mol. The van der Waals surface area contributed by atoms with E-state index >= 15 is 0 Å². The van der Waals surface area contributed by atoms with Crippen molar-refractivity contribution in [3.8, 4) is 0 Å². The first-order valence-electron chi connectivity index (χ1n) is 2.92. The van der Waals surface area contributed by atoms with Crippen molar-refractivity contribution in [2.24, 2.45) is 0 Å². The van der Waals surface area contributed by atoms with Crippen molar-refractivity contribution in [2.75, 3.05) is 25.7 Å². The minimum absolute atomic E-state index is 0.0116. The van der Waals surface area contributed by atoms with Gasteiger partial charge in [0.15, 0.2) is 6.16 Å². The van der Waals surface area contributed by atoms with E-state index in [1.165, 1.54) is 0 Å². The molecule has 0 spiro atoms. The van der Waals surface area contributed by atoms with E-state index in [1.54, 1.807) is 0 Å². The van der Waals surface area contributed by atoms with Gasteiger partial charge in [-0.25, -0.2) is 0 Å². The third-order valence-corrected chi connectivity index (χ3v) is 1.96. The van der Waals surface area contributed by atoms with Gasteiger partial charge < -0.3 is 9.84 Å². The van der Waals surface area contributed by atoms with Crippen LogP contribution in [0.5, 0.6) is 0 Å². The average Bonchev–Trinajstić information content (AvgIpc) is 1.85. The van der Waals surface area contributed by atoms with E-state index in [1.807, 2.05) is 6.92 Å². The molecule has 9 heavy (non-hydrogen) atoms. The maximum absolute atomic E-state index is 10.7. The lowest BCUT2D eigenvalue weighted by Crippen LogP contribution is -1.93. The van der Waals surface area contributed by atoms with Crippen molar-refractivity contribution in [1.29, 1.82) is 0 Å². The lowest BCUT2D eigenvalue weighted by molar-refractivity contribution is 0.192. The van der Waals surface area contributed by atoms with Gasteiger partial charge in [-0.15, -0.1) is 0 Å². The van der Waals surface area contributed by atoms with Crippen LogP contribution in [0.3, 0.4) is 0 Å². The lowest BCUT2D eigenvalue weighted by Gasteiger charge is -1.87. The van der Waals surface area contributed by atoms with Gasteiger partial charge in [0.2, 0.25) is 6.35 Å². The highest BCUT2D eigenvalue weighted by Crippen LogP contribution is 2.18. The highest BCUT2D eigenvalue weighted by molar-refractivity contribution is 7.44. The van der Waals surface area contributed by atoms with Crippen molar-refractivity contribution in [1.82, 2.24) is 0 Å². The molecule has 0 aromatic carbocycles. The third kappa shape index (κ3) is 5.90. The van der Waals surface area contributed by atoms with Gasteiger partial charge >= 0.3 is 7.80 Å². The van der Waals surface area contributed by atoms with Crippen LogP contribution < -0.4 is 0 Å². The second-order valence-corrected chi connectivity index (χ2v) is 3.22. The Morgan fingerprint density at radius 2 is 2.33 bits per heavy atom. The first kappa shape index (κ1) is 9.02. The molecule has 0 aromatic heterocycles. The van der Waals surface area contributed by atoms with E-state index in [2.05, 4.69) is 0 Å². The molecule has 0 heterocycles. The van der Waals surface area contributed by atoms with Gasteiger partial charge in [0.05, 0.1) is 6.61 Å². The van der Waals surface area contributed by atoms with Crippen LogP contribution in [0.25, 0.3) is 0 Å². The number of hydrogen-bond acceptors (Lipinski definition) is 3. The molecule has 54 valence electrons. The molecule has 1 atom stereocenters. The van der Waals surface area contributed by atoms with E-state index in [9.17, 15) is 4.57 Å². The van der Waals surface area contributed by atoms with Crippen molar-refractivity contribution in [2.45, 2.75) is 6.92 Å². The first-order valence-corrected chi connectivity index (χ1v) is 4.55. The number of rotatable bonds is 5. The Morgan fingerprint density at radius 1 is 1.67 bits per heavy atom. The molecule has 0 fully saturated rings. The molecule has 0 bridgehead atoms. The molecule has 0 saturated carbocycles. The minimum atomic E-state index is -1.31. The zero-order valence-electron chi connectivity index (χ0n) is 5.54. The molecule has 4 heteroatoms. The molecule has 0 aromatic rings. The van der Waals surface area contributed by atoms with Crippen molar-refractivity contribution < 1.29 is 14.4 Å². The summed E-state index contributed by atoms with van der Waals surface area (Å²) in [4.78, 5) is 0. The molecule has 0 amide bonds. The molecule has 1 N–H and O–H groups in total. The molecule has 0 aliphatic heterocycles. The second-order valence-electron chi connectivity index (χ2n) is 1.55. The monoisotopic (exact) mass is 151 g/mol. The van der Waals surface area contributed by atoms with Gasteiger partial charge in [0.25, 0.3) is 0 Å². The fourth-order valence-corrected chi connectivity index (χ4v) is 1.11. The summed E-state index contributed by atoms with van der Waals surface area (Å²) in [5.41, 5.74) is 0. The van der Waals surface area contributed by atoms with Crippen LogP contribution in [0.2, 0.25) is 0 Å². The van der Waals surface area contributed by atoms with E-state index < -0.39 is 7.80 Å². The van der Waals surface area contributed by atoms with Crippen molar-refractivity contribution in [3.05, 3.63) is 0 Å². The highest BCUT2D eigenvalue weighted by Gasteiger charge is 2.11. The van der Waals surface area contributed by atoms with E-state index in [-0.39, 0.29) is 13.0 Å². The summed E-state index contributed by atoms with van der Waals surface area (Å²) in [5.74, 6) is 0. The molecule has 3 nitrogen and oxygen atoms in total. The second kappa shape index (κ2) is 6.14. The van der Waals surface area contributed by atoms with Gasteiger partial charge in [-0.2, -0.15) is 0 Å². The summed E-state index contributed by atoms with van der Waals surface area (Å²) in [6.45, 7) is 2.43. The highest BCUT2D eigenvalue weighted by atomic mass is 31.1.